The Morgan fingerprint density at radius 3 is 2.88 bits per heavy atom. The van der Waals surface area contributed by atoms with Gasteiger partial charge in [0.05, 0.1) is 18.0 Å². The first-order valence-corrected chi connectivity index (χ1v) is 5.66. The molecule has 1 rings (SSSR count). The first-order chi connectivity index (χ1) is 7.59. The first-order valence-electron chi connectivity index (χ1n) is 4.78. The lowest BCUT2D eigenvalue weighted by molar-refractivity contribution is -0.126. The zero-order valence-electron chi connectivity index (χ0n) is 8.68. The van der Waals surface area contributed by atoms with Crippen molar-refractivity contribution in [2.24, 2.45) is 11.5 Å². The van der Waals surface area contributed by atoms with E-state index in [1.165, 1.54) is 11.3 Å². The lowest BCUT2D eigenvalue weighted by Gasteiger charge is -2.09. The average molecular weight is 242 g/mol. The maximum atomic E-state index is 11.4. The molecule has 0 aliphatic rings. The molecule has 0 saturated carbocycles. The Morgan fingerprint density at radius 2 is 2.31 bits per heavy atom. The molecule has 0 radical (unpaired) electrons. The van der Waals surface area contributed by atoms with E-state index in [2.05, 4.69) is 10.3 Å². The minimum atomic E-state index is -0.862. The van der Waals surface area contributed by atoms with E-state index in [9.17, 15) is 9.59 Å². The molecule has 0 spiro atoms. The van der Waals surface area contributed by atoms with Crippen molar-refractivity contribution in [3.8, 4) is 0 Å². The van der Waals surface area contributed by atoms with Crippen molar-refractivity contribution in [1.29, 1.82) is 0 Å². The molecule has 0 aromatic carbocycles. The van der Waals surface area contributed by atoms with E-state index in [-0.39, 0.29) is 12.3 Å². The van der Waals surface area contributed by atoms with Gasteiger partial charge in [-0.3, -0.25) is 14.6 Å². The van der Waals surface area contributed by atoms with Gasteiger partial charge in [-0.25, -0.2) is 0 Å². The largest absolute Gasteiger partial charge is 0.370 e. The first kappa shape index (κ1) is 12.6. The summed E-state index contributed by atoms with van der Waals surface area (Å²) in [5, 5.41) is 2.63. The molecule has 88 valence electrons. The zero-order valence-corrected chi connectivity index (χ0v) is 9.50. The van der Waals surface area contributed by atoms with E-state index in [0.29, 0.717) is 13.0 Å². The van der Waals surface area contributed by atoms with Crippen molar-refractivity contribution in [3.63, 3.8) is 0 Å². The summed E-state index contributed by atoms with van der Waals surface area (Å²) in [7, 11) is 0. The number of carbonyl (C=O) groups is 2. The summed E-state index contributed by atoms with van der Waals surface area (Å²) >= 11 is 1.53. The van der Waals surface area contributed by atoms with Crippen molar-refractivity contribution in [1.82, 2.24) is 10.3 Å². The van der Waals surface area contributed by atoms with E-state index in [0.717, 1.165) is 4.88 Å². The minimum absolute atomic E-state index is 0.133. The third-order valence-corrected chi connectivity index (χ3v) is 2.75. The second-order valence-electron chi connectivity index (χ2n) is 3.29. The lowest BCUT2D eigenvalue weighted by atomic mass is 10.2. The van der Waals surface area contributed by atoms with Crippen LogP contribution in [0, 0.1) is 0 Å². The average Bonchev–Trinajstić information content (AvgIpc) is 2.69. The Labute approximate surface area is 97.0 Å². The Hall–Kier alpha value is -1.47. The van der Waals surface area contributed by atoms with Crippen molar-refractivity contribution in [3.05, 3.63) is 16.6 Å². The van der Waals surface area contributed by atoms with Crippen LogP contribution in [0.25, 0.3) is 0 Å². The van der Waals surface area contributed by atoms with Crippen molar-refractivity contribution in [2.45, 2.75) is 18.9 Å². The van der Waals surface area contributed by atoms with Crippen LogP contribution in [0.2, 0.25) is 0 Å². The summed E-state index contributed by atoms with van der Waals surface area (Å²) in [6, 6.07) is -0.862. The fraction of sp³-hybridized carbons (Fsp3) is 0.444. The molecule has 0 saturated heterocycles. The van der Waals surface area contributed by atoms with Gasteiger partial charge in [0.2, 0.25) is 11.8 Å². The summed E-state index contributed by atoms with van der Waals surface area (Å²) in [6.45, 7) is 0.480. The van der Waals surface area contributed by atoms with Crippen LogP contribution in [0.3, 0.4) is 0 Å². The molecule has 0 aliphatic heterocycles. The number of nitrogens with two attached hydrogens (primary N) is 2. The number of aromatic nitrogens is 1. The number of amides is 2. The molecule has 0 aliphatic carbocycles. The van der Waals surface area contributed by atoms with E-state index < -0.39 is 11.9 Å². The molecule has 1 aromatic heterocycles. The molecule has 7 heteroatoms. The smallest absolute Gasteiger partial charge is 0.237 e. The predicted octanol–water partition coefficient (Wildman–Crippen LogP) is -0.996. The second kappa shape index (κ2) is 6.19. The molecule has 0 bridgehead atoms. The molecular weight excluding hydrogens is 228 g/mol. The zero-order chi connectivity index (χ0) is 12.0. The van der Waals surface area contributed by atoms with E-state index in [4.69, 9.17) is 11.5 Å². The number of rotatable bonds is 6. The van der Waals surface area contributed by atoms with Gasteiger partial charge in [0.15, 0.2) is 0 Å². The molecule has 1 aromatic rings. The number of nitrogens with one attached hydrogen (secondary N) is 1. The molecule has 1 heterocycles. The molecule has 16 heavy (non-hydrogen) atoms. The lowest BCUT2D eigenvalue weighted by Crippen LogP contribution is -2.43. The molecule has 0 fully saturated rings. The summed E-state index contributed by atoms with van der Waals surface area (Å²) in [6.07, 6.45) is 2.33. The Bertz CT molecular complexity index is 352. The predicted molar refractivity (Wildman–Crippen MR) is 60.6 cm³/mol. The van der Waals surface area contributed by atoms with Crippen molar-refractivity contribution in [2.75, 3.05) is 6.54 Å². The van der Waals surface area contributed by atoms with Gasteiger partial charge in [0.1, 0.15) is 0 Å². The molecule has 6 nitrogen and oxygen atoms in total. The van der Waals surface area contributed by atoms with Crippen LogP contribution < -0.4 is 16.8 Å². The molecule has 0 unspecified atom stereocenters. The van der Waals surface area contributed by atoms with Crippen LogP contribution in [0.4, 0.5) is 0 Å². The number of hydrogen-bond acceptors (Lipinski definition) is 5. The number of carbonyl (C=O) groups excluding carboxylic acids is 2. The van der Waals surface area contributed by atoms with Gasteiger partial charge in [-0.15, -0.1) is 11.3 Å². The molecular formula is C9H14N4O2S. The highest BCUT2D eigenvalue weighted by atomic mass is 32.1. The molecule has 5 N–H and O–H groups in total. The quantitative estimate of drug-likeness (QED) is 0.594. The number of primary amides is 1. The van der Waals surface area contributed by atoms with Crippen LogP contribution in [0.5, 0.6) is 0 Å². The second-order valence-corrected chi connectivity index (χ2v) is 4.26. The number of nitrogens with zero attached hydrogens (tertiary/aromatic N) is 1. The Balaban J connectivity index is 2.22. The fourth-order valence-corrected chi connectivity index (χ4v) is 1.71. The minimum Gasteiger partial charge on any atom is -0.370 e. The van der Waals surface area contributed by atoms with Gasteiger partial charge >= 0.3 is 0 Å². The Kier molecular flexibility index (Phi) is 4.87. The van der Waals surface area contributed by atoms with E-state index >= 15 is 0 Å². The maximum Gasteiger partial charge on any atom is 0.237 e. The van der Waals surface area contributed by atoms with Crippen LogP contribution in [-0.4, -0.2) is 29.4 Å². The highest BCUT2D eigenvalue weighted by Crippen LogP contribution is 2.04. The number of thiazole rings is 1. The highest BCUT2D eigenvalue weighted by Gasteiger charge is 2.15. The van der Waals surface area contributed by atoms with E-state index in [1.807, 2.05) is 0 Å². The summed E-state index contributed by atoms with van der Waals surface area (Å²) in [5.41, 5.74) is 12.1. The van der Waals surface area contributed by atoms with Crippen LogP contribution in [-0.2, 0) is 16.0 Å². The molecule has 1 atom stereocenters. The Morgan fingerprint density at radius 1 is 1.56 bits per heavy atom. The van der Waals surface area contributed by atoms with Gasteiger partial charge < -0.3 is 16.8 Å². The van der Waals surface area contributed by atoms with Crippen LogP contribution in [0.15, 0.2) is 11.7 Å². The van der Waals surface area contributed by atoms with E-state index in [1.54, 1.807) is 11.7 Å². The molecule has 2 amide bonds. The van der Waals surface area contributed by atoms with Gasteiger partial charge in [-0.05, 0) is 0 Å². The topological polar surface area (TPSA) is 111 Å². The highest BCUT2D eigenvalue weighted by molar-refractivity contribution is 7.09. The standard InChI is InChI=1S/C9H14N4O2S/c10-7(3-8(11)14)9(15)13-2-1-6-4-12-5-16-6/h4-5,7H,1-3,10H2,(H2,11,14)(H,13,15)/t7-/m1/s1. The summed E-state index contributed by atoms with van der Waals surface area (Å²) < 4.78 is 0. The third kappa shape index (κ3) is 4.37. The van der Waals surface area contributed by atoms with Crippen molar-refractivity contribution < 1.29 is 9.59 Å². The van der Waals surface area contributed by atoms with Gasteiger partial charge in [0, 0.05) is 24.0 Å². The monoisotopic (exact) mass is 242 g/mol. The third-order valence-electron chi connectivity index (χ3n) is 1.91. The van der Waals surface area contributed by atoms with Crippen LogP contribution in [0.1, 0.15) is 11.3 Å². The normalized spacial score (nSPS) is 12.1. The van der Waals surface area contributed by atoms with Gasteiger partial charge in [-0.2, -0.15) is 0 Å². The summed E-state index contributed by atoms with van der Waals surface area (Å²) in [5.74, 6) is -0.937. The maximum absolute atomic E-state index is 11.4. The van der Waals surface area contributed by atoms with Gasteiger partial charge in [-0.1, -0.05) is 0 Å². The van der Waals surface area contributed by atoms with Gasteiger partial charge in [0.25, 0.3) is 0 Å². The van der Waals surface area contributed by atoms with Crippen LogP contribution >= 0.6 is 11.3 Å². The van der Waals surface area contributed by atoms with Crippen molar-refractivity contribution >= 4 is 23.2 Å². The number of hydrogen-bond donors (Lipinski definition) is 3. The summed E-state index contributed by atoms with van der Waals surface area (Å²) in [4.78, 5) is 26.9. The fourth-order valence-electron chi connectivity index (χ4n) is 1.12. The SMILES string of the molecule is NC(=O)C[C@@H](N)C(=O)NCCc1cncs1.